The van der Waals surface area contributed by atoms with Gasteiger partial charge in [-0.25, -0.2) is 18.4 Å². The number of nitrogens with one attached hydrogen (secondary N) is 2. The molecule has 0 radical (unpaired) electrons. The normalized spacial score (nSPS) is 12.4. The van der Waals surface area contributed by atoms with Crippen molar-refractivity contribution in [3.05, 3.63) is 53.5 Å². The molecule has 11 heteroatoms. The van der Waals surface area contributed by atoms with Crippen LogP contribution in [0.4, 0.5) is 11.5 Å². The third-order valence-electron chi connectivity index (χ3n) is 3.91. The zero-order chi connectivity index (χ0) is 21.9. The summed E-state index contributed by atoms with van der Waals surface area (Å²) in [5, 5.41) is 6.47. The van der Waals surface area contributed by atoms with E-state index in [0.717, 1.165) is 11.4 Å². The van der Waals surface area contributed by atoms with Crippen LogP contribution in [-0.2, 0) is 14.8 Å². The Bertz CT molecular complexity index is 1140. The quantitative estimate of drug-likeness (QED) is 0.417. The first-order valence-electron chi connectivity index (χ1n) is 8.98. The largest absolute Gasteiger partial charge is 0.360 e. The summed E-state index contributed by atoms with van der Waals surface area (Å²) in [7, 11) is -3.82. The van der Waals surface area contributed by atoms with Gasteiger partial charge in [0.25, 0.3) is 10.0 Å². The van der Waals surface area contributed by atoms with Crippen molar-refractivity contribution < 1.29 is 17.7 Å². The molecule has 0 spiro atoms. The molecule has 0 aliphatic carbocycles. The summed E-state index contributed by atoms with van der Waals surface area (Å²) >= 11 is 1.25. The molecule has 158 valence electrons. The number of aromatic nitrogens is 3. The number of benzene rings is 1. The predicted molar refractivity (Wildman–Crippen MR) is 114 cm³/mol. The van der Waals surface area contributed by atoms with Crippen LogP contribution < -0.4 is 10.0 Å². The Hall–Kier alpha value is -2.92. The Balaban J connectivity index is 1.63. The van der Waals surface area contributed by atoms with Gasteiger partial charge in [-0.05, 0) is 58.0 Å². The maximum Gasteiger partial charge on any atom is 0.263 e. The number of sulfonamides is 1. The van der Waals surface area contributed by atoms with E-state index in [9.17, 15) is 13.2 Å². The van der Waals surface area contributed by atoms with Gasteiger partial charge in [-0.15, -0.1) is 0 Å². The van der Waals surface area contributed by atoms with E-state index in [-0.39, 0.29) is 16.6 Å². The molecule has 1 aromatic carbocycles. The van der Waals surface area contributed by atoms with Gasteiger partial charge in [0.1, 0.15) is 5.76 Å². The number of hydrogen-bond donors (Lipinski definition) is 2. The Morgan fingerprint density at radius 3 is 2.27 bits per heavy atom. The lowest BCUT2D eigenvalue weighted by Crippen LogP contribution is -2.22. The molecule has 30 heavy (non-hydrogen) atoms. The Kier molecular flexibility index (Phi) is 6.42. The van der Waals surface area contributed by atoms with Crippen molar-refractivity contribution in [2.75, 3.05) is 10.0 Å². The molecule has 1 amide bonds. The molecule has 2 heterocycles. The number of carbonyl (C=O) groups is 1. The van der Waals surface area contributed by atoms with E-state index >= 15 is 0 Å². The molecule has 1 atom stereocenters. The molecule has 0 aliphatic rings. The standard InChI is InChI=1S/C19H21N5O4S2/c1-11-9-12(2)21-19(20-11)29-14(4)18(25)22-15-5-7-16(8-6-15)30(26,27)24-17-10-13(3)28-23-17/h5-10,14H,1-4H3,(H,22,25)(H,23,24). The fourth-order valence-electron chi connectivity index (χ4n) is 2.53. The Morgan fingerprint density at radius 1 is 1.07 bits per heavy atom. The van der Waals surface area contributed by atoms with Crippen LogP contribution in [0.5, 0.6) is 0 Å². The van der Waals surface area contributed by atoms with Crippen LogP contribution in [0.15, 0.2) is 51.0 Å². The third-order valence-corrected chi connectivity index (χ3v) is 6.24. The van der Waals surface area contributed by atoms with Gasteiger partial charge in [0.2, 0.25) is 5.91 Å². The van der Waals surface area contributed by atoms with Gasteiger partial charge in [-0.1, -0.05) is 16.9 Å². The highest BCUT2D eigenvalue weighted by Crippen LogP contribution is 2.22. The summed E-state index contributed by atoms with van der Waals surface area (Å²) in [5.41, 5.74) is 2.15. The molecule has 0 aliphatic heterocycles. The van der Waals surface area contributed by atoms with Gasteiger partial charge in [-0.3, -0.25) is 9.52 Å². The molecule has 2 aromatic heterocycles. The highest BCUT2D eigenvalue weighted by molar-refractivity contribution is 8.00. The van der Waals surface area contributed by atoms with Gasteiger partial charge in [0, 0.05) is 23.1 Å². The first kappa shape index (κ1) is 21.8. The number of aryl methyl sites for hydroxylation is 3. The van der Waals surface area contributed by atoms with E-state index < -0.39 is 15.3 Å². The molecule has 3 rings (SSSR count). The molecule has 0 saturated carbocycles. The SMILES string of the molecule is Cc1cc(C)nc(SC(C)C(=O)Nc2ccc(S(=O)(=O)Nc3cc(C)on3)cc2)n1. The second kappa shape index (κ2) is 8.84. The van der Waals surface area contributed by atoms with Crippen LogP contribution in [0, 0.1) is 20.8 Å². The first-order chi connectivity index (χ1) is 14.1. The van der Waals surface area contributed by atoms with Crippen LogP contribution in [0.1, 0.15) is 24.1 Å². The first-order valence-corrected chi connectivity index (χ1v) is 11.3. The highest BCUT2D eigenvalue weighted by atomic mass is 32.2. The zero-order valence-corrected chi connectivity index (χ0v) is 18.5. The van der Waals surface area contributed by atoms with Gasteiger partial charge in [0.05, 0.1) is 10.1 Å². The van der Waals surface area contributed by atoms with Crippen molar-refractivity contribution in [2.24, 2.45) is 0 Å². The number of rotatable bonds is 7. The minimum atomic E-state index is -3.82. The van der Waals surface area contributed by atoms with Crippen molar-refractivity contribution in [2.45, 2.75) is 43.0 Å². The average Bonchev–Trinajstić information content (AvgIpc) is 3.05. The lowest BCUT2D eigenvalue weighted by atomic mass is 10.3. The van der Waals surface area contributed by atoms with Gasteiger partial charge in [-0.2, -0.15) is 0 Å². The highest BCUT2D eigenvalue weighted by Gasteiger charge is 2.19. The molecular formula is C19H21N5O4S2. The van der Waals surface area contributed by atoms with Gasteiger partial charge in [0.15, 0.2) is 11.0 Å². The minimum Gasteiger partial charge on any atom is -0.360 e. The fourth-order valence-corrected chi connectivity index (χ4v) is 4.39. The van der Waals surface area contributed by atoms with E-state index in [2.05, 4.69) is 25.2 Å². The zero-order valence-electron chi connectivity index (χ0n) is 16.8. The number of hydrogen-bond acceptors (Lipinski definition) is 8. The van der Waals surface area contributed by atoms with E-state index in [1.807, 2.05) is 19.9 Å². The van der Waals surface area contributed by atoms with Crippen LogP contribution in [0.3, 0.4) is 0 Å². The van der Waals surface area contributed by atoms with E-state index in [1.54, 1.807) is 13.8 Å². The molecule has 3 aromatic rings. The van der Waals surface area contributed by atoms with E-state index in [1.165, 1.54) is 42.1 Å². The topological polar surface area (TPSA) is 127 Å². The van der Waals surface area contributed by atoms with Crippen molar-refractivity contribution in [3.63, 3.8) is 0 Å². The lowest BCUT2D eigenvalue weighted by Gasteiger charge is -2.12. The molecule has 0 bridgehead atoms. The van der Waals surface area contributed by atoms with Crippen molar-refractivity contribution in [1.82, 2.24) is 15.1 Å². The van der Waals surface area contributed by atoms with Gasteiger partial charge >= 0.3 is 0 Å². The Morgan fingerprint density at radius 2 is 1.70 bits per heavy atom. The monoisotopic (exact) mass is 447 g/mol. The van der Waals surface area contributed by atoms with Crippen LogP contribution in [0.2, 0.25) is 0 Å². The number of thioether (sulfide) groups is 1. The smallest absolute Gasteiger partial charge is 0.263 e. The lowest BCUT2D eigenvalue weighted by molar-refractivity contribution is -0.115. The van der Waals surface area contributed by atoms with Gasteiger partial charge < -0.3 is 9.84 Å². The molecule has 2 N–H and O–H groups in total. The van der Waals surface area contributed by atoms with Crippen molar-refractivity contribution in [1.29, 1.82) is 0 Å². The summed E-state index contributed by atoms with van der Waals surface area (Å²) < 4.78 is 32.0. The second-order valence-corrected chi connectivity index (χ2v) is 9.63. The second-order valence-electron chi connectivity index (χ2n) is 6.64. The summed E-state index contributed by atoms with van der Waals surface area (Å²) in [4.78, 5) is 21.2. The van der Waals surface area contributed by atoms with E-state index in [4.69, 9.17) is 4.52 Å². The van der Waals surface area contributed by atoms with Crippen LogP contribution in [0.25, 0.3) is 0 Å². The summed E-state index contributed by atoms with van der Waals surface area (Å²) in [5.74, 6) is 0.350. The maximum absolute atomic E-state index is 12.5. The number of amides is 1. The average molecular weight is 448 g/mol. The minimum absolute atomic E-state index is 0.0345. The molecular weight excluding hydrogens is 426 g/mol. The van der Waals surface area contributed by atoms with Crippen molar-refractivity contribution in [3.8, 4) is 0 Å². The third kappa shape index (κ3) is 5.57. The molecule has 1 unspecified atom stereocenters. The molecule has 0 fully saturated rings. The summed E-state index contributed by atoms with van der Waals surface area (Å²) in [6.07, 6.45) is 0. The Labute approximate surface area is 178 Å². The van der Waals surface area contributed by atoms with Crippen LogP contribution in [-0.4, -0.2) is 34.7 Å². The number of nitrogens with zero attached hydrogens (tertiary/aromatic N) is 3. The predicted octanol–water partition coefficient (Wildman–Crippen LogP) is 3.31. The maximum atomic E-state index is 12.5. The van der Waals surface area contributed by atoms with Crippen molar-refractivity contribution >= 4 is 39.2 Å². The van der Waals surface area contributed by atoms with E-state index in [0.29, 0.717) is 16.6 Å². The van der Waals surface area contributed by atoms with Crippen LogP contribution >= 0.6 is 11.8 Å². The summed E-state index contributed by atoms with van der Waals surface area (Å²) in [6.45, 7) is 7.16. The fraction of sp³-hybridized carbons (Fsp3) is 0.263. The number of anilines is 2. The molecule has 0 saturated heterocycles. The number of carbonyl (C=O) groups excluding carboxylic acids is 1. The molecule has 9 nitrogen and oxygen atoms in total. The summed E-state index contributed by atoms with van der Waals surface area (Å²) in [6, 6.07) is 9.18.